The molecule has 166 valence electrons. The summed E-state index contributed by atoms with van der Waals surface area (Å²) in [5.41, 5.74) is 4.68. The first kappa shape index (κ1) is 21.4. The maximum atomic E-state index is 13.3. The lowest BCUT2D eigenvalue weighted by Crippen LogP contribution is -2.40. The summed E-state index contributed by atoms with van der Waals surface area (Å²) < 4.78 is 2.09. The molecule has 33 heavy (non-hydrogen) atoms. The van der Waals surface area contributed by atoms with Gasteiger partial charge in [0.2, 0.25) is 5.91 Å². The highest BCUT2D eigenvalue weighted by atomic mass is 32.2. The molecule has 7 heteroatoms. The highest BCUT2D eigenvalue weighted by molar-refractivity contribution is 8.00. The average Bonchev–Trinajstić information content (AvgIpc) is 3.26. The number of hydrogen-bond acceptors (Lipinski definition) is 5. The van der Waals surface area contributed by atoms with Crippen LogP contribution in [0.25, 0.3) is 11.4 Å². The van der Waals surface area contributed by atoms with Gasteiger partial charge in [-0.2, -0.15) is 0 Å². The van der Waals surface area contributed by atoms with Gasteiger partial charge < -0.3 is 4.90 Å². The first-order valence-corrected chi connectivity index (χ1v) is 12.0. The van der Waals surface area contributed by atoms with E-state index >= 15 is 0 Å². The Kier molecular flexibility index (Phi) is 6.21. The van der Waals surface area contributed by atoms with E-state index in [1.54, 1.807) is 12.4 Å². The fourth-order valence-electron chi connectivity index (χ4n) is 4.15. The highest BCUT2D eigenvalue weighted by Gasteiger charge is 2.27. The number of aromatic nitrogens is 4. The third kappa shape index (κ3) is 4.68. The molecule has 5 rings (SSSR count). The van der Waals surface area contributed by atoms with Gasteiger partial charge in [0.1, 0.15) is 0 Å². The van der Waals surface area contributed by atoms with Crippen LogP contribution in [0.15, 0.2) is 84.3 Å². The number of carbonyl (C=O) groups is 1. The smallest absolute Gasteiger partial charge is 0.236 e. The minimum atomic E-state index is -0.265. The molecule has 0 spiro atoms. The molecule has 2 aromatic carbocycles. The van der Waals surface area contributed by atoms with E-state index in [9.17, 15) is 4.79 Å². The van der Waals surface area contributed by atoms with Crippen LogP contribution in [0.2, 0.25) is 0 Å². The number of thioether (sulfide) groups is 1. The van der Waals surface area contributed by atoms with Crippen molar-refractivity contribution in [2.75, 3.05) is 6.54 Å². The van der Waals surface area contributed by atoms with Gasteiger partial charge in [-0.05, 0) is 42.2 Å². The second kappa shape index (κ2) is 9.58. The van der Waals surface area contributed by atoms with Gasteiger partial charge in [-0.25, -0.2) is 0 Å². The predicted molar refractivity (Wildman–Crippen MR) is 130 cm³/mol. The van der Waals surface area contributed by atoms with Crippen molar-refractivity contribution in [3.63, 3.8) is 0 Å². The van der Waals surface area contributed by atoms with E-state index < -0.39 is 0 Å². The molecular formula is C26H25N5OS. The molecule has 0 fully saturated rings. The zero-order valence-corrected chi connectivity index (χ0v) is 19.3. The van der Waals surface area contributed by atoms with Crippen molar-refractivity contribution >= 4 is 17.7 Å². The lowest BCUT2D eigenvalue weighted by atomic mass is 10.00. The van der Waals surface area contributed by atoms with Crippen molar-refractivity contribution in [2.24, 2.45) is 0 Å². The minimum Gasteiger partial charge on any atom is -0.337 e. The maximum Gasteiger partial charge on any atom is 0.236 e. The summed E-state index contributed by atoms with van der Waals surface area (Å²) in [6.07, 6.45) is 4.41. The molecule has 1 aliphatic heterocycles. The van der Waals surface area contributed by atoms with Crippen molar-refractivity contribution in [1.82, 2.24) is 24.6 Å². The molecule has 0 saturated heterocycles. The standard InChI is InChI=1S/C26H25N5OS/c1-19(25(32)30-16-13-21-9-5-6-10-23(21)18-30)33-26-29-28-24(22-11-14-27-15-12-22)31(26)17-20-7-3-2-4-8-20/h2-12,14-15,19H,13,16-18H2,1H3/t19-/m0/s1. The quantitative estimate of drug-likeness (QED) is 0.402. The molecule has 4 aromatic rings. The van der Waals surface area contributed by atoms with Crippen LogP contribution in [0.4, 0.5) is 0 Å². The van der Waals surface area contributed by atoms with Gasteiger partial charge in [-0.15, -0.1) is 10.2 Å². The molecule has 1 aliphatic rings. The molecule has 0 N–H and O–H groups in total. The molecule has 0 radical (unpaired) electrons. The van der Waals surface area contributed by atoms with Crippen LogP contribution in [0.3, 0.4) is 0 Å². The average molecular weight is 456 g/mol. The van der Waals surface area contributed by atoms with Gasteiger partial charge in [-0.1, -0.05) is 66.4 Å². The fourth-order valence-corrected chi connectivity index (χ4v) is 5.08. The number of hydrogen-bond donors (Lipinski definition) is 0. The van der Waals surface area contributed by atoms with Crippen molar-refractivity contribution in [3.8, 4) is 11.4 Å². The SMILES string of the molecule is C[C@H](Sc1nnc(-c2ccncc2)n1Cc1ccccc1)C(=O)N1CCc2ccccc2C1. The molecule has 0 bridgehead atoms. The minimum absolute atomic E-state index is 0.134. The van der Waals surface area contributed by atoms with E-state index in [2.05, 4.69) is 50.1 Å². The molecule has 2 aromatic heterocycles. The fraction of sp³-hybridized carbons (Fsp3) is 0.231. The summed E-state index contributed by atoms with van der Waals surface area (Å²) in [5.74, 6) is 0.907. The molecule has 1 atom stereocenters. The number of pyridine rings is 1. The third-order valence-corrected chi connectivity index (χ3v) is 6.98. The molecular weight excluding hydrogens is 430 g/mol. The summed E-state index contributed by atoms with van der Waals surface area (Å²) in [5, 5.41) is 9.43. The first-order valence-electron chi connectivity index (χ1n) is 11.1. The second-order valence-electron chi connectivity index (χ2n) is 8.15. The molecule has 0 aliphatic carbocycles. The van der Waals surface area contributed by atoms with Crippen LogP contribution in [0.5, 0.6) is 0 Å². The van der Waals surface area contributed by atoms with Crippen molar-refractivity contribution < 1.29 is 4.79 Å². The normalized spacial score (nSPS) is 14.0. The Bertz CT molecular complexity index is 1240. The Hall–Kier alpha value is -3.45. The largest absolute Gasteiger partial charge is 0.337 e. The summed E-state index contributed by atoms with van der Waals surface area (Å²) in [6, 6.07) is 22.5. The van der Waals surface area contributed by atoms with Crippen LogP contribution in [0, 0.1) is 0 Å². The third-order valence-electron chi connectivity index (χ3n) is 5.91. The van der Waals surface area contributed by atoms with Gasteiger partial charge in [0.15, 0.2) is 11.0 Å². The Morgan fingerprint density at radius 1 is 0.970 bits per heavy atom. The van der Waals surface area contributed by atoms with Crippen LogP contribution in [0.1, 0.15) is 23.6 Å². The number of rotatable bonds is 6. The van der Waals surface area contributed by atoms with Gasteiger partial charge in [-0.3, -0.25) is 14.3 Å². The van der Waals surface area contributed by atoms with E-state index in [0.717, 1.165) is 35.1 Å². The Morgan fingerprint density at radius 3 is 2.48 bits per heavy atom. The van der Waals surface area contributed by atoms with Crippen LogP contribution < -0.4 is 0 Å². The zero-order chi connectivity index (χ0) is 22.6. The monoisotopic (exact) mass is 455 g/mol. The van der Waals surface area contributed by atoms with Gasteiger partial charge in [0.25, 0.3) is 0 Å². The van der Waals surface area contributed by atoms with Gasteiger partial charge in [0, 0.05) is 31.0 Å². The van der Waals surface area contributed by atoms with Gasteiger partial charge in [0.05, 0.1) is 11.8 Å². The number of benzene rings is 2. The number of carbonyl (C=O) groups excluding carboxylic acids is 1. The zero-order valence-electron chi connectivity index (χ0n) is 18.5. The maximum absolute atomic E-state index is 13.3. The Morgan fingerprint density at radius 2 is 1.70 bits per heavy atom. The highest BCUT2D eigenvalue weighted by Crippen LogP contribution is 2.29. The van der Waals surface area contributed by atoms with E-state index in [0.29, 0.717) is 13.1 Å². The van der Waals surface area contributed by atoms with Crippen molar-refractivity contribution in [1.29, 1.82) is 0 Å². The first-order chi connectivity index (χ1) is 16.2. The Labute approximate surface area is 197 Å². The second-order valence-corrected chi connectivity index (χ2v) is 9.46. The molecule has 6 nitrogen and oxygen atoms in total. The summed E-state index contributed by atoms with van der Waals surface area (Å²) in [4.78, 5) is 19.4. The summed E-state index contributed by atoms with van der Waals surface area (Å²) in [7, 11) is 0. The van der Waals surface area contributed by atoms with Crippen molar-refractivity contribution in [2.45, 2.75) is 36.8 Å². The number of amides is 1. The van der Waals surface area contributed by atoms with Gasteiger partial charge >= 0.3 is 0 Å². The topological polar surface area (TPSA) is 63.9 Å². The molecule has 3 heterocycles. The van der Waals surface area contributed by atoms with Crippen LogP contribution in [-0.2, 0) is 24.3 Å². The van der Waals surface area contributed by atoms with Crippen LogP contribution >= 0.6 is 11.8 Å². The molecule has 1 amide bonds. The van der Waals surface area contributed by atoms with E-state index in [-0.39, 0.29) is 11.2 Å². The lowest BCUT2D eigenvalue weighted by molar-refractivity contribution is -0.131. The number of fused-ring (bicyclic) bond motifs is 1. The van der Waals surface area contributed by atoms with E-state index in [1.807, 2.05) is 48.2 Å². The molecule has 0 saturated carbocycles. The summed E-state index contributed by atoms with van der Waals surface area (Å²) in [6.45, 7) is 4.01. The number of nitrogens with zero attached hydrogens (tertiary/aromatic N) is 5. The van der Waals surface area contributed by atoms with E-state index in [4.69, 9.17) is 0 Å². The lowest BCUT2D eigenvalue weighted by Gasteiger charge is -2.30. The van der Waals surface area contributed by atoms with Crippen molar-refractivity contribution in [3.05, 3.63) is 95.8 Å². The summed E-state index contributed by atoms with van der Waals surface area (Å²) >= 11 is 1.47. The van der Waals surface area contributed by atoms with Crippen LogP contribution in [-0.4, -0.2) is 42.4 Å². The van der Waals surface area contributed by atoms with E-state index in [1.165, 1.54) is 22.9 Å². The predicted octanol–water partition coefficient (Wildman–Crippen LogP) is 4.45. The Balaban J connectivity index is 1.38. The molecule has 0 unspecified atom stereocenters.